The Labute approximate surface area is 79.7 Å². The highest BCUT2D eigenvalue weighted by molar-refractivity contribution is 5.12. The normalized spacial score (nSPS) is 40.3. The molecule has 3 unspecified atom stereocenters. The number of likely N-dealkylation sites (tertiary alicyclic amines) is 1. The molecular formula is C10H18N2O. The molecule has 0 radical (unpaired) electrons. The summed E-state index contributed by atoms with van der Waals surface area (Å²) in [4.78, 5) is 2.23. The number of rotatable bonds is 0. The average Bonchev–Trinajstić information content (AvgIpc) is 2.15. The monoisotopic (exact) mass is 182 g/mol. The number of likely N-dealkylation sites (N-methyl/N-ethyl adjacent to an activating group) is 1. The van der Waals surface area contributed by atoms with Crippen LogP contribution in [-0.2, 0) is 4.74 Å². The van der Waals surface area contributed by atoms with E-state index in [1.165, 1.54) is 0 Å². The highest BCUT2D eigenvalue weighted by Crippen LogP contribution is 2.27. The maximum atomic E-state index is 5.71. The molecule has 0 spiro atoms. The van der Waals surface area contributed by atoms with Crippen LogP contribution in [-0.4, -0.2) is 43.3 Å². The summed E-state index contributed by atoms with van der Waals surface area (Å²) in [5.74, 6) is 0. The van der Waals surface area contributed by atoms with Gasteiger partial charge in [-0.05, 0) is 13.3 Å². The summed E-state index contributed by atoms with van der Waals surface area (Å²) in [6.45, 7) is 8.11. The van der Waals surface area contributed by atoms with Crippen LogP contribution in [0.1, 0.15) is 13.3 Å². The van der Waals surface area contributed by atoms with E-state index in [9.17, 15) is 0 Å². The number of nitrogens with zero attached hydrogens (tertiary/aromatic N) is 1. The summed E-state index contributed by atoms with van der Waals surface area (Å²) in [5.41, 5.74) is 1.12. The Hall–Kier alpha value is -0.540. The summed E-state index contributed by atoms with van der Waals surface area (Å²) in [7, 11) is 2.10. The van der Waals surface area contributed by atoms with Crippen LogP contribution >= 0.6 is 0 Å². The number of hydrogen-bond acceptors (Lipinski definition) is 3. The van der Waals surface area contributed by atoms with Gasteiger partial charge in [0.25, 0.3) is 0 Å². The Morgan fingerprint density at radius 2 is 2.38 bits per heavy atom. The molecule has 2 heterocycles. The quantitative estimate of drug-likeness (QED) is 0.593. The molecule has 1 N–H and O–H groups in total. The molecule has 0 aromatic rings. The molecule has 2 rings (SSSR count). The van der Waals surface area contributed by atoms with Crippen LogP contribution in [0.2, 0.25) is 0 Å². The molecule has 0 aliphatic carbocycles. The van der Waals surface area contributed by atoms with E-state index in [0.29, 0.717) is 12.1 Å². The first-order chi connectivity index (χ1) is 6.20. The van der Waals surface area contributed by atoms with E-state index < -0.39 is 0 Å². The Morgan fingerprint density at radius 1 is 1.62 bits per heavy atom. The molecule has 0 aromatic heterocycles. The first kappa shape index (κ1) is 9.03. The molecule has 0 amide bonds. The molecule has 0 aromatic carbocycles. The zero-order chi connectivity index (χ0) is 9.42. The third kappa shape index (κ3) is 1.46. The van der Waals surface area contributed by atoms with Crippen molar-refractivity contribution >= 4 is 0 Å². The Balaban J connectivity index is 2.12. The highest BCUT2D eigenvalue weighted by Gasteiger charge is 2.36. The first-order valence-electron chi connectivity index (χ1n) is 4.97. The standard InChI is InChI=1S/C10H18N2O/c1-7-6-9-10(8(2)12(7)3)13-5-4-11-9/h7,9-11H,2,4-6H2,1,3H3. The van der Waals surface area contributed by atoms with Gasteiger partial charge in [-0.1, -0.05) is 6.58 Å². The SMILES string of the molecule is C=C1C2OCCNC2CC(C)N1C. The Bertz CT molecular complexity index is 217. The summed E-state index contributed by atoms with van der Waals surface area (Å²) >= 11 is 0. The maximum Gasteiger partial charge on any atom is 0.112 e. The van der Waals surface area contributed by atoms with Gasteiger partial charge < -0.3 is 15.0 Å². The largest absolute Gasteiger partial charge is 0.373 e. The molecule has 2 saturated heterocycles. The lowest BCUT2D eigenvalue weighted by Crippen LogP contribution is -2.57. The summed E-state index contributed by atoms with van der Waals surface area (Å²) in [6, 6.07) is 1.05. The fourth-order valence-electron chi connectivity index (χ4n) is 2.20. The van der Waals surface area contributed by atoms with E-state index in [1.807, 2.05) is 0 Å². The van der Waals surface area contributed by atoms with Gasteiger partial charge in [0.2, 0.25) is 0 Å². The van der Waals surface area contributed by atoms with E-state index in [4.69, 9.17) is 4.74 Å². The smallest absolute Gasteiger partial charge is 0.112 e. The predicted octanol–water partition coefficient (Wildman–Crippen LogP) is 0.581. The second-order valence-electron chi connectivity index (χ2n) is 4.04. The minimum Gasteiger partial charge on any atom is -0.373 e. The Morgan fingerprint density at radius 3 is 3.15 bits per heavy atom. The molecule has 3 atom stereocenters. The molecule has 74 valence electrons. The average molecular weight is 182 g/mol. The zero-order valence-corrected chi connectivity index (χ0v) is 8.42. The van der Waals surface area contributed by atoms with E-state index in [2.05, 4.69) is 30.8 Å². The van der Waals surface area contributed by atoms with Gasteiger partial charge in [-0.15, -0.1) is 0 Å². The fourth-order valence-corrected chi connectivity index (χ4v) is 2.20. The van der Waals surface area contributed by atoms with Gasteiger partial charge >= 0.3 is 0 Å². The molecule has 13 heavy (non-hydrogen) atoms. The van der Waals surface area contributed by atoms with Crippen molar-refractivity contribution in [3.8, 4) is 0 Å². The number of morpholine rings is 1. The van der Waals surface area contributed by atoms with Gasteiger partial charge in [-0.2, -0.15) is 0 Å². The van der Waals surface area contributed by atoms with Crippen LogP contribution in [0.4, 0.5) is 0 Å². The van der Waals surface area contributed by atoms with Gasteiger partial charge in [0.15, 0.2) is 0 Å². The third-order valence-corrected chi connectivity index (χ3v) is 3.21. The fraction of sp³-hybridized carbons (Fsp3) is 0.800. The number of hydrogen-bond donors (Lipinski definition) is 1. The van der Waals surface area contributed by atoms with Crippen molar-refractivity contribution in [3.05, 3.63) is 12.3 Å². The van der Waals surface area contributed by atoms with E-state index in [0.717, 1.165) is 25.3 Å². The van der Waals surface area contributed by atoms with Gasteiger partial charge in [-0.3, -0.25) is 0 Å². The topological polar surface area (TPSA) is 24.5 Å². The van der Waals surface area contributed by atoms with E-state index >= 15 is 0 Å². The van der Waals surface area contributed by atoms with Gasteiger partial charge in [0.05, 0.1) is 6.61 Å². The van der Waals surface area contributed by atoms with Crippen molar-refractivity contribution in [2.75, 3.05) is 20.2 Å². The molecule has 2 aliphatic heterocycles. The highest BCUT2D eigenvalue weighted by atomic mass is 16.5. The third-order valence-electron chi connectivity index (χ3n) is 3.21. The van der Waals surface area contributed by atoms with Gasteiger partial charge in [0, 0.05) is 31.4 Å². The molecule has 3 heteroatoms. The number of piperidine rings is 1. The minimum atomic E-state index is 0.204. The Kier molecular flexibility index (Phi) is 2.30. The van der Waals surface area contributed by atoms with Crippen LogP contribution in [0, 0.1) is 0 Å². The van der Waals surface area contributed by atoms with Gasteiger partial charge in [0.1, 0.15) is 6.10 Å². The number of ether oxygens (including phenoxy) is 1. The zero-order valence-electron chi connectivity index (χ0n) is 8.42. The maximum absolute atomic E-state index is 5.71. The van der Waals surface area contributed by atoms with E-state index in [-0.39, 0.29) is 6.10 Å². The minimum absolute atomic E-state index is 0.204. The van der Waals surface area contributed by atoms with Crippen molar-refractivity contribution in [3.63, 3.8) is 0 Å². The molecule has 0 saturated carbocycles. The summed E-state index contributed by atoms with van der Waals surface area (Å²) in [5, 5.41) is 3.49. The number of fused-ring (bicyclic) bond motifs is 1. The lowest BCUT2D eigenvalue weighted by molar-refractivity contribution is -0.0248. The van der Waals surface area contributed by atoms with Crippen LogP contribution in [0.5, 0.6) is 0 Å². The number of nitrogens with one attached hydrogen (secondary N) is 1. The van der Waals surface area contributed by atoms with Gasteiger partial charge in [-0.25, -0.2) is 0 Å². The predicted molar refractivity (Wildman–Crippen MR) is 52.5 cm³/mol. The molecule has 2 aliphatic rings. The van der Waals surface area contributed by atoms with Crippen LogP contribution in [0.15, 0.2) is 12.3 Å². The molecule has 2 fully saturated rings. The van der Waals surface area contributed by atoms with Crippen LogP contribution < -0.4 is 5.32 Å². The second-order valence-corrected chi connectivity index (χ2v) is 4.04. The lowest BCUT2D eigenvalue weighted by atomic mass is 9.93. The van der Waals surface area contributed by atoms with Crippen molar-refractivity contribution in [1.29, 1.82) is 0 Å². The second kappa shape index (κ2) is 3.31. The van der Waals surface area contributed by atoms with Crippen LogP contribution in [0.25, 0.3) is 0 Å². The van der Waals surface area contributed by atoms with Crippen molar-refractivity contribution in [1.82, 2.24) is 10.2 Å². The lowest BCUT2D eigenvalue weighted by Gasteiger charge is -2.46. The van der Waals surface area contributed by atoms with Crippen molar-refractivity contribution < 1.29 is 4.74 Å². The van der Waals surface area contributed by atoms with Crippen LogP contribution in [0.3, 0.4) is 0 Å². The molecular weight excluding hydrogens is 164 g/mol. The summed E-state index contributed by atoms with van der Waals surface area (Å²) in [6.07, 6.45) is 1.36. The first-order valence-corrected chi connectivity index (χ1v) is 4.97. The summed E-state index contributed by atoms with van der Waals surface area (Å²) < 4.78 is 5.71. The molecule has 3 nitrogen and oxygen atoms in total. The van der Waals surface area contributed by atoms with E-state index in [1.54, 1.807) is 0 Å². The van der Waals surface area contributed by atoms with Crippen molar-refractivity contribution in [2.45, 2.75) is 31.5 Å². The molecule has 0 bridgehead atoms. The van der Waals surface area contributed by atoms with Crippen molar-refractivity contribution in [2.24, 2.45) is 0 Å².